The first-order valence-electron chi connectivity index (χ1n) is 5.43. The number of carboxylic acid groups (broad SMARTS) is 1. The molecule has 6 nitrogen and oxygen atoms in total. The zero-order chi connectivity index (χ0) is 12.6. The van der Waals surface area contributed by atoms with E-state index in [0.29, 0.717) is 13.0 Å². The zero-order valence-electron chi connectivity index (χ0n) is 9.82. The molecule has 15 heavy (non-hydrogen) atoms. The summed E-state index contributed by atoms with van der Waals surface area (Å²) in [4.78, 5) is 22.0. The van der Waals surface area contributed by atoms with Crippen LogP contribution in [0.3, 0.4) is 0 Å². The molecule has 0 aromatic heterocycles. The molecule has 0 aromatic rings. The van der Waals surface area contributed by atoms with Crippen molar-refractivity contribution in [2.75, 3.05) is 6.54 Å². The average Bonchev–Trinajstić information content (AvgIpc) is 2.24. The van der Waals surface area contributed by atoms with Crippen LogP contribution < -0.4 is 16.8 Å². The first kappa shape index (κ1) is 11.9. The van der Waals surface area contributed by atoms with Gasteiger partial charge in [-0.15, -0.1) is 0 Å². The molecule has 0 heterocycles. The summed E-state index contributed by atoms with van der Waals surface area (Å²) >= 11 is 0. The third-order valence-electron chi connectivity index (χ3n) is 1.99. The summed E-state index contributed by atoms with van der Waals surface area (Å²) in [6, 6.07) is -1.63. The van der Waals surface area contributed by atoms with E-state index in [2.05, 4.69) is 11.0 Å². The third kappa shape index (κ3) is 6.03. The van der Waals surface area contributed by atoms with E-state index in [4.69, 9.17) is 12.3 Å². The summed E-state index contributed by atoms with van der Waals surface area (Å²) in [6.07, 6.45) is 1.97. The Morgan fingerprint density at radius 2 is 2.20 bits per heavy atom. The summed E-state index contributed by atoms with van der Waals surface area (Å²) in [5.41, 5.74) is 7.42. The Morgan fingerprint density at radius 3 is 2.67 bits per heavy atom. The second-order valence-electron chi connectivity index (χ2n) is 3.41. The second-order valence-corrected chi connectivity index (χ2v) is 3.41. The number of hydrogen-bond donors (Lipinski definition) is 4. The minimum atomic E-state index is -1.10. The fraction of sp³-hybridized carbons (Fsp3) is 0.778. The number of nitrogens with two attached hydrogens (primary N) is 2. The molecule has 0 rings (SSSR count). The summed E-state index contributed by atoms with van der Waals surface area (Å²) in [7, 11) is 0. The second kappa shape index (κ2) is 7.19. The topological polar surface area (TPSA) is 118 Å². The quantitative estimate of drug-likeness (QED) is 0.391. The Bertz CT molecular complexity index is 238. The number of carboxylic acids is 1. The van der Waals surface area contributed by atoms with Gasteiger partial charge in [-0.25, -0.2) is 0 Å². The lowest BCUT2D eigenvalue weighted by atomic mass is 10.1. The molecule has 0 aliphatic rings. The van der Waals surface area contributed by atoms with Crippen LogP contribution in [0, 0.1) is 0 Å². The van der Waals surface area contributed by atoms with Gasteiger partial charge in [0, 0.05) is 0 Å². The van der Waals surface area contributed by atoms with Crippen LogP contribution in [0.5, 0.6) is 0 Å². The Balaban J connectivity index is 4.05. The van der Waals surface area contributed by atoms with Crippen LogP contribution in [0.25, 0.3) is 0 Å². The van der Waals surface area contributed by atoms with Crippen molar-refractivity contribution in [3.05, 3.63) is 0 Å². The molecule has 0 bridgehead atoms. The minimum Gasteiger partial charge on any atom is -0.480 e. The Labute approximate surface area is 90.5 Å². The van der Waals surface area contributed by atoms with E-state index < -0.39 is 24.0 Å². The van der Waals surface area contributed by atoms with Crippen molar-refractivity contribution in [1.82, 2.24) is 5.32 Å². The molecule has 2 atom stereocenters. The van der Waals surface area contributed by atoms with Crippen LogP contribution in [-0.4, -0.2) is 35.6 Å². The maximum absolute atomic E-state index is 11.5. The first-order valence-corrected chi connectivity index (χ1v) is 4.93. The molecule has 0 aromatic carbocycles. The van der Waals surface area contributed by atoms with Gasteiger partial charge in [0.1, 0.15) is 7.45 Å². The fourth-order valence-corrected chi connectivity index (χ4v) is 1.000. The van der Waals surface area contributed by atoms with Crippen LogP contribution in [0.4, 0.5) is 0 Å². The van der Waals surface area contributed by atoms with E-state index in [1.165, 1.54) is 6.92 Å². The van der Waals surface area contributed by atoms with Gasteiger partial charge in [0.15, 0.2) is 0 Å². The summed E-state index contributed by atoms with van der Waals surface area (Å²) in [5.74, 6) is -1.57. The molecule has 1 amide bonds. The number of amides is 1. The van der Waals surface area contributed by atoms with E-state index >= 15 is 0 Å². The number of aliphatic carboxylic acids is 1. The lowest BCUT2D eigenvalue weighted by Crippen LogP contribution is -2.47. The highest BCUT2D eigenvalue weighted by molar-refractivity contribution is 5.86. The molecular formula is C9H19N3O3. The van der Waals surface area contributed by atoms with Crippen LogP contribution in [0.15, 0.2) is 0 Å². The van der Waals surface area contributed by atoms with Crippen molar-refractivity contribution in [2.45, 2.75) is 38.3 Å². The number of carbonyl (C=O) groups is 2. The average molecular weight is 218 g/mol. The molecule has 0 radical (unpaired) electrons. The third-order valence-corrected chi connectivity index (χ3v) is 1.99. The van der Waals surface area contributed by atoms with E-state index in [1.807, 2.05) is 0 Å². The summed E-state index contributed by atoms with van der Waals surface area (Å²) < 4.78 is 6.99. The van der Waals surface area contributed by atoms with E-state index in [9.17, 15) is 9.59 Å². The maximum Gasteiger partial charge on any atom is 0.325 e. The highest BCUT2D eigenvalue weighted by Crippen LogP contribution is 1.98. The first-order chi connectivity index (χ1) is 7.52. The molecular weight excluding hydrogens is 198 g/mol. The molecule has 0 fully saturated rings. The lowest BCUT2D eigenvalue weighted by Gasteiger charge is -2.14. The monoisotopic (exact) mass is 218 g/mol. The van der Waals surface area contributed by atoms with Crippen molar-refractivity contribution in [3.8, 4) is 0 Å². The van der Waals surface area contributed by atoms with E-state index in [0.717, 1.165) is 12.8 Å². The Morgan fingerprint density at radius 1 is 1.53 bits per heavy atom. The van der Waals surface area contributed by atoms with Gasteiger partial charge >= 0.3 is 5.97 Å². The molecule has 0 aliphatic carbocycles. The normalized spacial score (nSPS) is 15.2. The Hall–Kier alpha value is -1.14. The van der Waals surface area contributed by atoms with Gasteiger partial charge < -0.3 is 21.9 Å². The molecule has 0 spiro atoms. The van der Waals surface area contributed by atoms with Gasteiger partial charge in [-0.2, -0.15) is 0 Å². The largest absolute Gasteiger partial charge is 0.480 e. The van der Waals surface area contributed by atoms with Crippen molar-refractivity contribution in [2.24, 2.45) is 11.5 Å². The van der Waals surface area contributed by atoms with Crippen LogP contribution >= 0.6 is 0 Å². The van der Waals surface area contributed by atoms with Gasteiger partial charge in [0.2, 0.25) is 5.91 Å². The lowest BCUT2D eigenvalue weighted by molar-refractivity contribution is -0.141. The zero-order valence-corrected chi connectivity index (χ0v) is 8.82. The van der Waals surface area contributed by atoms with Gasteiger partial charge in [-0.3, -0.25) is 9.59 Å². The molecule has 0 aliphatic heterocycles. The van der Waals surface area contributed by atoms with Crippen LogP contribution in [0.1, 0.15) is 26.2 Å². The molecule has 6 heteroatoms. The highest BCUT2D eigenvalue weighted by atomic mass is 16.4. The van der Waals surface area contributed by atoms with E-state index in [1.54, 1.807) is 0 Å². The molecule has 88 valence electrons. The van der Waals surface area contributed by atoms with Crippen molar-refractivity contribution in [1.29, 1.82) is 0 Å². The van der Waals surface area contributed by atoms with Gasteiger partial charge in [0.05, 0.1) is 6.04 Å². The molecule has 0 saturated heterocycles. The predicted molar refractivity (Wildman–Crippen MR) is 56.1 cm³/mol. The standard InChI is InChI=1S/C9H19N3O3/c1-6(9(14)15)12-8(13)7(11)4-2-3-5-10/h6-7H,2-5,10-11H2,1H3,(H,12,13)(H,14,15)/t6-,7-/m0/s1/i/hD. The number of carbonyl (C=O) groups excluding carboxylic acids is 1. The van der Waals surface area contributed by atoms with Crippen molar-refractivity contribution < 1.29 is 16.1 Å². The predicted octanol–water partition coefficient (Wildman–Crippen LogP) is -0.968. The van der Waals surface area contributed by atoms with Crippen molar-refractivity contribution >= 4 is 11.9 Å². The molecule has 0 saturated carbocycles. The highest BCUT2D eigenvalue weighted by Gasteiger charge is 2.18. The van der Waals surface area contributed by atoms with Crippen molar-refractivity contribution in [3.63, 3.8) is 0 Å². The van der Waals surface area contributed by atoms with Gasteiger partial charge in [-0.05, 0) is 26.3 Å². The number of hydrogen-bond acceptors (Lipinski definition) is 4. The minimum absolute atomic E-state index is 0.470. The van der Waals surface area contributed by atoms with Crippen LogP contribution in [-0.2, 0) is 9.59 Å². The number of rotatable bonds is 8. The summed E-state index contributed by atoms with van der Waals surface area (Å²) in [6.45, 7) is 1.92. The fourth-order valence-electron chi connectivity index (χ4n) is 1.000. The maximum atomic E-state index is 11.5. The number of nitrogens with one attached hydrogen (secondary N) is 1. The van der Waals surface area contributed by atoms with E-state index in [-0.39, 0.29) is 0 Å². The SMILES string of the molecule is [2H]N[C@@H](CCCCN)C(=O)N[C@@H](C)C(=O)O. The Kier molecular flexibility index (Phi) is 5.72. The van der Waals surface area contributed by atoms with Gasteiger partial charge in [0.25, 0.3) is 0 Å². The number of unbranched alkanes of at least 4 members (excludes halogenated alkanes) is 1. The van der Waals surface area contributed by atoms with Gasteiger partial charge in [-0.1, -0.05) is 6.42 Å². The summed E-state index contributed by atoms with van der Waals surface area (Å²) in [5, 5.41) is 10.9. The van der Waals surface area contributed by atoms with Crippen LogP contribution in [0.2, 0.25) is 1.41 Å². The smallest absolute Gasteiger partial charge is 0.325 e. The molecule has 0 unspecified atom stereocenters. The molecule has 6 N–H and O–H groups in total.